The zero-order valence-corrected chi connectivity index (χ0v) is 8.99. The van der Waals surface area contributed by atoms with E-state index in [1.165, 1.54) is 16.7 Å². The molecule has 0 aromatic heterocycles. The van der Waals surface area contributed by atoms with E-state index in [9.17, 15) is 5.11 Å². The summed E-state index contributed by atoms with van der Waals surface area (Å²) >= 11 is 0. The molecule has 0 aliphatic heterocycles. The van der Waals surface area contributed by atoms with Crippen LogP contribution in [0.25, 0.3) is 11.1 Å². The van der Waals surface area contributed by atoms with Crippen LogP contribution in [0.2, 0.25) is 0 Å². The molecule has 2 rings (SSSR count). The molecule has 0 radical (unpaired) electrons. The van der Waals surface area contributed by atoms with E-state index in [0.717, 1.165) is 5.56 Å². The van der Waals surface area contributed by atoms with Gasteiger partial charge >= 0.3 is 0 Å². The van der Waals surface area contributed by atoms with E-state index < -0.39 is 0 Å². The number of phenolic OH excluding ortho intramolecular Hbond substituents is 1. The van der Waals surface area contributed by atoms with Gasteiger partial charge in [0.15, 0.2) is 0 Å². The van der Waals surface area contributed by atoms with Crippen LogP contribution in [0.15, 0.2) is 42.5 Å². The molecule has 0 saturated heterocycles. The van der Waals surface area contributed by atoms with Gasteiger partial charge in [-0.3, -0.25) is 0 Å². The summed E-state index contributed by atoms with van der Waals surface area (Å²) in [5.41, 5.74) is 4.72. The van der Waals surface area contributed by atoms with E-state index in [1.54, 1.807) is 12.1 Å². The Bertz CT molecular complexity index is 469. The monoisotopic (exact) mass is 198 g/mol. The highest BCUT2D eigenvalue weighted by Gasteiger charge is 2.01. The van der Waals surface area contributed by atoms with Crippen molar-refractivity contribution in [2.24, 2.45) is 0 Å². The average molecular weight is 198 g/mol. The zero-order valence-electron chi connectivity index (χ0n) is 8.99. The van der Waals surface area contributed by atoms with Crippen LogP contribution in [-0.4, -0.2) is 5.11 Å². The predicted molar refractivity (Wildman–Crippen MR) is 63.0 cm³/mol. The molecule has 0 saturated carbocycles. The molecule has 1 nitrogen and oxygen atoms in total. The Balaban J connectivity index is 2.49. The maximum Gasteiger partial charge on any atom is 0.115 e. The lowest BCUT2D eigenvalue weighted by molar-refractivity contribution is 0.475. The summed E-state index contributed by atoms with van der Waals surface area (Å²) in [6, 6.07) is 13.9. The van der Waals surface area contributed by atoms with Gasteiger partial charge < -0.3 is 5.11 Å². The highest BCUT2D eigenvalue weighted by atomic mass is 16.3. The van der Waals surface area contributed by atoms with Crippen LogP contribution in [-0.2, 0) is 0 Å². The van der Waals surface area contributed by atoms with Gasteiger partial charge in [-0.25, -0.2) is 0 Å². The smallest absolute Gasteiger partial charge is 0.115 e. The zero-order chi connectivity index (χ0) is 10.8. The summed E-state index contributed by atoms with van der Waals surface area (Å²) in [7, 11) is 0. The minimum atomic E-state index is 0.323. The Labute approximate surface area is 90.0 Å². The van der Waals surface area contributed by atoms with Crippen molar-refractivity contribution in [2.45, 2.75) is 13.8 Å². The van der Waals surface area contributed by atoms with Crippen molar-refractivity contribution in [2.75, 3.05) is 0 Å². The molecule has 0 amide bonds. The SMILES string of the molecule is Cc1ccc(-c2ccc(O)cc2C)cc1. The lowest BCUT2D eigenvalue weighted by atomic mass is 9.99. The summed E-state index contributed by atoms with van der Waals surface area (Å²) in [6.45, 7) is 4.09. The number of rotatable bonds is 1. The molecule has 0 heterocycles. The number of aromatic hydroxyl groups is 1. The number of phenols is 1. The normalized spacial score (nSPS) is 10.3. The second-order valence-electron chi connectivity index (χ2n) is 3.87. The first kappa shape index (κ1) is 9.78. The van der Waals surface area contributed by atoms with Crippen LogP contribution in [0.5, 0.6) is 5.75 Å². The molecular weight excluding hydrogens is 184 g/mol. The largest absolute Gasteiger partial charge is 0.508 e. The molecule has 2 aromatic carbocycles. The van der Waals surface area contributed by atoms with Crippen LogP contribution in [0.3, 0.4) is 0 Å². The Hall–Kier alpha value is -1.76. The number of hydrogen-bond acceptors (Lipinski definition) is 1. The first-order valence-electron chi connectivity index (χ1n) is 5.03. The van der Waals surface area contributed by atoms with Crippen LogP contribution >= 0.6 is 0 Å². The highest BCUT2D eigenvalue weighted by Crippen LogP contribution is 2.26. The molecule has 0 aliphatic rings. The van der Waals surface area contributed by atoms with Crippen molar-refractivity contribution >= 4 is 0 Å². The van der Waals surface area contributed by atoms with Crippen molar-refractivity contribution in [1.29, 1.82) is 0 Å². The molecule has 0 aliphatic carbocycles. The second kappa shape index (κ2) is 3.77. The highest BCUT2D eigenvalue weighted by molar-refractivity contribution is 5.68. The van der Waals surface area contributed by atoms with E-state index in [1.807, 2.05) is 13.0 Å². The van der Waals surface area contributed by atoms with Crippen molar-refractivity contribution in [3.05, 3.63) is 53.6 Å². The summed E-state index contributed by atoms with van der Waals surface area (Å²) in [6.07, 6.45) is 0. The first-order valence-corrected chi connectivity index (χ1v) is 5.03. The van der Waals surface area contributed by atoms with E-state index in [-0.39, 0.29) is 0 Å². The Morgan fingerprint density at radius 3 is 2.13 bits per heavy atom. The molecule has 2 aromatic rings. The van der Waals surface area contributed by atoms with E-state index in [0.29, 0.717) is 5.75 Å². The number of hydrogen-bond donors (Lipinski definition) is 1. The van der Waals surface area contributed by atoms with Gasteiger partial charge in [-0.2, -0.15) is 0 Å². The fraction of sp³-hybridized carbons (Fsp3) is 0.143. The third kappa shape index (κ3) is 2.01. The summed E-state index contributed by atoms with van der Waals surface area (Å²) in [5.74, 6) is 0.323. The van der Waals surface area contributed by atoms with E-state index >= 15 is 0 Å². The van der Waals surface area contributed by atoms with Crippen molar-refractivity contribution in [1.82, 2.24) is 0 Å². The summed E-state index contributed by atoms with van der Waals surface area (Å²) in [5, 5.41) is 9.33. The molecule has 1 N–H and O–H groups in total. The molecule has 0 atom stereocenters. The second-order valence-corrected chi connectivity index (χ2v) is 3.87. The minimum absolute atomic E-state index is 0.323. The lowest BCUT2D eigenvalue weighted by Crippen LogP contribution is -1.83. The van der Waals surface area contributed by atoms with Crippen LogP contribution in [0.1, 0.15) is 11.1 Å². The average Bonchev–Trinajstić information content (AvgIpc) is 2.20. The number of benzene rings is 2. The summed E-state index contributed by atoms with van der Waals surface area (Å²) in [4.78, 5) is 0. The molecule has 0 fully saturated rings. The van der Waals surface area contributed by atoms with Gasteiger partial charge in [-0.15, -0.1) is 0 Å². The molecule has 15 heavy (non-hydrogen) atoms. The molecule has 1 heteroatoms. The van der Waals surface area contributed by atoms with Crippen LogP contribution < -0.4 is 0 Å². The third-order valence-corrected chi connectivity index (χ3v) is 2.57. The van der Waals surface area contributed by atoms with Gasteiger partial charge in [-0.1, -0.05) is 35.9 Å². The third-order valence-electron chi connectivity index (χ3n) is 2.57. The topological polar surface area (TPSA) is 20.2 Å². The lowest BCUT2D eigenvalue weighted by Gasteiger charge is -2.06. The predicted octanol–water partition coefficient (Wildman–Crippen LogP) is 3.68. The quantitative estimate of drug-likeness (QED) is 0.741. The Morgan fingerprint density at radius 2 is 1.53 bits per heavy atom. The minimum Gasteiger partial charge on any atom is -0.508 e. The maximum absolute atomic E-state index is 9.33. The first-order chi connectivity index (χ1) is 7.16. The standard InChI is InChI=1S/C14H14O/c1-10-3-5-12(6-4-10)14-8-7-13(15)9-11(14)2/h3-9,15H,1-2H3. The molecular formula is C14H14O. The van der Waals surface area contributed by atoms with Crippen LogP contribution in [0, 0.1) is 13.8 Å². The fourth-order valence-electron chi connectivity index (χ4n) is 1.70. The van der Waals surface area contributed by atoms with Crippen molar-refractivity contribution < 1.29 is 5.11 Å². The summed E-state index contributed by atoms with van der Waals surface area (Å²) < 4.78 is 0. The van der Waals surface area contributed by atoms with Gasteiger partial charge in [-0.05, 0) is 42.7 Å². The Kier molecular flexibility index (Phi) is 2.46. The fourth-order valence-corrected chi connectivity index (χ4v) is 1.70. The molecule has 0 unspecified atom stereocenters. The molecule has 0 bridgehead atoms. The van der Waals surface area contributed by atoms with E-state index in [4.69, 9.17) is 0 Å². The maximum atomic E-state index is 9.33. The van der Waals surface area contributed by atoms with E-state index in [2.05, 4.69) is 31.2 Å². The van der Waals surface area contributed by atoms with Crippen molar-refractivity contribution in [3.63, 3.8) is 0 Å². The van der Waals surface area contributed by atoms with Gasteiger partial charge in [0.2, 0.25) is 0 Å². The Morgan fingerprint density at radius 1 is 0.867 bits per heavy atom. The van der Waals surface area contributed by atoms with Crippen molar-refractivity contribution in [3.8, 4) is 16.9 Å². The molecule has 0 spiro atoms. The van der Waals surface area contributed by atoms with Crippen LogP contribution in [0.4, 0.5) is 0 Å². The van der Waals surface area contributed by atoms with Gasteiger partial charge in [0, 0.05) is 0 Å². The van der Waals surface area contributed by atoms with Gasteiger partial charge in [0.05, 0.1) is 0 Å². The van der Waals surface area contributed by atoms with Gasteiger partial charge in [0.25, 0.3) is 0 Å². The number of aryl methyl sites for hydroxylation is 2. The van der Waals surface area contributed by atoms with Gasteiger partial charge in [0.1, 0.15) is 5.75 Å². The molecule has 76 valence electrons.